The van der Waals surface area contributed by atoms with E-state index in [-0.39, 0.29) is 5.78 Å². The number of pyridine rings is 1. The number of nitrogens with zero attached hydrogens (tertiary/aromatic N) is 1. The Morgan fingerprint density at radius 2 is 2.00 bits per heavy atom. The van der Waals surface area contributed by atoms with E-state index in [0.717, 1.165) is 5.56 Å². The van der Waals surface area contributed by atoms with Crippen LogP contribution in [-0.2, 0) is 6.54 Å². The fourth-order valence-corrected chi connectivity index (χ4v) is 1.51. The van der Waals surface area contributed by atoms with E-state index >= 15 is 0 Å². The van der Waals surface area contributed by atoms with Gasteiger partial charge in [-0.15, -0.1) is 0 Å². The van der Waals surface area contributed by atoms with Crippen molar-refractivity contribution in [2.75, 3.05) is 0 Å². The predicted octanol–water partition coefficient (Wildman–Crippen LogP) is 2.57. The Bertz CT molecular complexity index is 521. The number of hydrogen-bond acceptors (Lipinski definition) is 3. The number of rotatable bonds is 5. The van der Waals surface area contributed by atoms with Gasteiger partial charge in [0.15, 0.2) is 5.78 Å². The molecular weight excluding hydrogens is 224 g/mol. The first-order chi connectivity index (χ1) is 8.86. The first-order valence-corrected chi connectivity index (χ1v) is 5.74. The second kappa shape index (κ2) is 6.35. The SMILES string of the molecule is O=C(/C=C/NCc1cccnc1)c1ccccc1. The van der Waals surface area contributed by atoms with Gasteiger partial charge in [-0.05, 0) is 11.6 Å². The fourth-order valence-electron chi connectivity index (χ4n) is 1.51. The van der Waals surface area contributed by atoms with Gasteiger partial charge in [0.25, 0.3) is 0 Å². The van der Waals surface area contributed by atoms with Gasteiger partial charge < -0.3 is 5.32 Å². The Kier molecular flexibility index (Phi) is 4.25. The van der Waals surface area contributed by atoms with E-state index in [1.807, 2.05) is 30.3 Å². The van der Waals surface area contributed by atoms with E-state index < -0.39 is 0 Å². The molecule has 1 N–H and O–H groups in total. The van der Waals surface area contributed by atoms with Gasteiger partial charge in [-0.2, -0.15) is 0 Å². The normalized spacial score (nSPS) is 10.4. The summed E-state index contributed by atoms with van der Waals surface area (Å²) in [5.41, 5.74) is 1.77. The average Bonchev–Trinajstić information content (AvgIpc) is 2.45. The number of benzene rings is 1. The molecule has 3 heteroatoms. The van der Waals surface area contributed by atoms with Crippen LogP contribution in [0.15, 0.2) is 67.1 Å². The maximum absolute atomic E-state index is 11.7. The van der Waals surface area contributed by atoms with Crippen molar-refractivity contribution in [2.24, 2.45) is 0 Å². The minimum atomic E-state index is -0.00529. The van der Waals surface area contributed by atoms with Crippen LogP contribution in [0.1, 0.15) is 15.9 Å². The smallest absolute Gasteiger partial charge is 0.187 e. The summed E-state index contributed by atoms with van der Waals surface area (Å²) in [5.74, 6) is -0.00529. The van der Waals surface area contributed by atoms with Crippen LogP contribution < -0.4 is 5.32 Å². The van der Waals surface area contributed by atoms with Crippen LogP contribution in [0.5, 0.6) is 0 Å². The van der Waals surface area contributed by atoms with Crippen LogP contribution in [0, 0.1) is 0 Å². The summed E-state index contributed by atoms with van der Waals surface area (Å²) in [6, 6.07) is 13.1. The quantitative estimate of drug-likeness (QED) is 0.643. The zero-order chi connectivity index (χ0) is 12.6. The topological polar surface area (TPSA) is 42.0 Å². The second-order valence-corrected chi connectivity index (χ2v) is 3.81. The lowest BCUT2D eigenvalue weighted by Gasteiger charge is -1.99. The van der Waals surface area contributed by atoms with Crippen molar-refractivity contribution in [3.05, 3.63) is 78.3 Å². The van der Waals surface area contributed by atoms with Crippen LogP contribution in [0.3, 0.4) is 0 Å². The Morgan fingerprint density at radius 1 is 1.17 bits per heavy atom. The molecule has 0 atom stereocenters. The summed E-state index contributed by atoms with van der Waals surface area (Å²) >= 11 is 0. The molecule has 0 saturated carbocycles. The molecule has 0 saturated heterocycles. The van der Waals surface area contributed by atoms with Gasteiger partial charge in [-0.25, -0.2) is 0 Å². The summed E-state index contributed by atoms with van der Waals surface area (Å²) in [6.07, 6.45) is 6.73. The molecule has 1 heterocycles. The number of ketones is 1. The molecular formula is C15H14N2O. The number of hydrogen-bond donors (Lipinski definition) is 1. The van der Waals surface area contributed by atoms with Gasteiger partial charge in [0.2, 0.25) is 0 Å². The van der Waals surface area contributed by atoms with E-state index in [1.54, 1.807) is 30.7 Å². The third-order valence-electron chi connectivity index (χ3n) is 2.44. The molecule has 0 unspecified atom stereocenters. The van der Waals surface area contributed by atoms with Gasteiger partial charge in [-0.1, -0.05) is 36.4 Å². The van der Waals surface area contributed by atoms with E-state index in [2.05, 4.69) is 10.3 Å². The number of allylic oxidation sites excluding steroid dienone is 1. The largest absolute Gasteiger partial charge is 0.387 e. The molecule has 0 aliphatic rings. The first kappa shape index (κ1) is 12.0. The van der Waals surface area contributed by atoms with Crippen molar-refractivity contribution >= 4 is 5.78 Å². The fraction of sp³-hybridized carbons (Fsp3) is 0.0667. The maximum atomic E-state index is 11.7. The average molecular weight is 238 g/mol. The van der Waals surface area contributed by atoms with Crippen LogP contribution in [-0.4, -0.2) is 10.8 Å². The summed E-state index contributed by atoms with van der Waals surface area (Å²) in [7, 11) is 0. The van der Waals surface area contributed by atoms with Crippen molar-refractivity contribution in [3.63, 3.8) is 0 Å². The number of nitrogens with one attached hydrogen (secondary N) is 1. The number of carbonyl (C=O) groups is 1. The Balaban J connectivity index is 1.84. The van der Waals surface area contributed by atoms with Gasteiger partial charge in [0.05, 0.1) is 0 Å². The highest BCUT2D eigenvalue weighted by Gasteiger charge is 1.98. The molecule has 0 aliphatic heterocycles. The summed E-state index contributed by atoms with van der Waals surface area (Å²) in [6.45, 7) is 0.659. The minimum Gasteiger partial charge on any atom is -0.387 e. The monoisotopic (exact) mass is 238 g/mol. The zero-order valence-corrected chi connectivity index (χ0v) is 9.91. The number of aromatic nitrogens is 1. The number of carbonyl (C=O) groups excluding carboxylic acids is 1. The highest BCUT2D eigenvalue weighted by atomic mass is 16.1. The lowest BCUT2D eigenvalue weighted by molar-refractivity contribution is 0.104. The van der Waals surface area contributed by atoms with Crippen molar-refractivity contribution in [1.82, 2.24) is 10.3 Å². The molecule has 0 amide bonds. The lowest BCUT2D eigenvalue weighted by Crippen LogP contribution is -2.06. The van der Waals surface area contributed by atoms with Crippen molar-refractivity contribution in [2.45, 2.75) is 6.54 Å². The Labute approximate surface area is 106 Å². The third-order valence-corrected chi connectivity index (χ3v) is 2.44. The molecule has 0 fully saturated rings. The molecule has 0 spiro atoms. The van der Waals surface area contributed by atoms with E-state index in [0.29, 0.717) is 12.1 Å². The second-order valence-electron chi connectivity index (χ2n) is 3.81. The standard InChI is InChI=1S/C15H14N2O/c18-15(14-6-2-1-3-7-14)8-10-17-12-13-5-4-9-16-11-13/h1-11,17H,12H2/b10-8+. The third kappa shape index (κ3) is 3.56. The summed E-state index contributed by atoms with van der Waals surface area (Å²) in [5, 5.41) is 3.06. The maximum Gasteiger partial charge on any atom is 0.187 e. The molecule has 0 aliphatic carbocycles. The molecule has 90 valence electrons. The van der Waals surface area contributed by atoms with E-state index in [9.17, 15) is 4.79 Å². The molecule has 3 nitrogen and oxygen atoms in total. The van der Waals surface area contributed by atoms with Gasteiger partial charge in [-0.3, -0.25) is 9.78 Å². The van der Waals surface area contributed by atoms with Crippen LogP contribution in [0.25, 0.3) is 0 Å². The Morgan fingerprint density at radius 3 is 2.72 bits per heavy atom. The van der Waals surface area contributed by atoms with Crippen molar-refractivity contribution in [1.29, 1.82) is 0 Å². The molecule has 18 heavy (non-hydrogen) atoms. The zero-order valence-electron chi connectivity index (χ0n) is 9.91. The summed E-state index contributed by atoms with van der Waals surface area (Å²) in [4.78, 5) is 15.7. The van der Waals surface area contributed by atoms with Gasteiger partial charge in [0.1, 0.15) is 0 Å². The first-order valence-electron chi connectivity index (χ1n) is 5.74. The van der Waals surface area contributed by atoms with Crippen molar-refractivity contribution in [3.8, 4) is 0 Å². The molecule has 0 radical (unpaired) electrons. The molecule has 1 aromatic heterocycles. The van der Waals surface area contributed by atoms with Gasteiger partial charge >= 0.3 is 0 Å². The highest BCUT2D eigenvalue weighted by molar-refractivity contribution is 6.04. The van der Waals surface area contributed by atoms with Crippen molar-refractivity contribution < 1.29 is 4.79 Å². The lowest BCUT2D eigenvalue weighted by atomic mass is 10.1. The van der Waals surface area contributed by atoms with Crippen LogP contribution in [0.4, 0.5) is 0 Å². The highest BCUT2D eigenvalue weighted by Crippen LogP contribution is 2.00. The van der Waals surface area contributed by atoms with Gasteiger partial charge in [0, 0.05) is 36.8 Å². The van der Waals surface area contributed by atoms with Crippen LogP contribution in [0.2, 0.25) is 0 Å². The predicted molar refractivity (Wildman–Crippen MR) is 71.0 cm³/mol. The van der Waals surface area contributed by atoms with E-state index in [4.69, 9.17) is 0 Å². The minimum absolute atomic E-state index is 0.00529. The Hall–Kier alpha value is -2.42. The molecule has 2 aromatic rings. The van der Waals surface area contributed by atoms with Crippen LogP contribution >= 0.6 is 0 Å². The molecule has 1 aromatic carbocycles. The van der Waals surface area contributed by atoms with E-state index in [1.165, 1.54) is 6.08 Å². The summed E-state index contributed by atoms with van der Waals surface area (Å²) < 4.78 is 0. The molecule has 2 rings (SSSR count). The molecule has 0 bridgehead atoms.